The van der Waals surface area contributed by atoms with Gasteiger partial charge in [-0.3, -0.25) is 9.10 Å². The number of nitrogens with zero attached hydrogens (tertiary/aromatic N) is 1. The summed E-state index contributed by atoms with van der Waals surface area (Å²) in [5.74, 6) is 0.257. The molecular formula is C27H21Cl3N2O4S. The van der Waals surface area contributed by atoms with Gasteiger partial charge in [-0.05, 0) is 67.6 Å². The Kier molecular flexibility index (Phi) is 8.29. The number of carbonyl (C=O) groups excluding carboxylic acids is 1. The molecule has 1 N–H and O–H groups in total. The topological polar surface area (TPSA) is 75.7 Å². The van der Waals surface area contributed by atoms with E-state index >= 15 is 0 Å². The average molecular weight is 576 g/mol. The molecule has 0 aliphatic rings. The van der Waals surface area contributed by atoms with Crippen molar-refractivity contribution >= 4 is 62.1 Å². The zero-order valence-electron chi connectivity index (χ0n) is 19.5. The number of para-hydroxylation sites is 1. The van der Waals surface area contributed by atoms with Gasteiger partial charge in [0.05, 0.1) is 16.3 Å². The highest BCUT2D eigenvalue weighted by Gasteiger charge is 2.28. The Morgan fingerprint density at radius 1 is 0.838 bits per heavy atom. The van der Waals surface area contributed by atoms with Gasteiger partial charge < -0.3 is 10.1 Å². The molecule has 0 aliphatic carbocycles. The molecule has 0 spiro atoms. The predicted octanol–water partition coefficient (Wildman–Crippen LogP) is 7.58. The number of nitrogens with one attached hydrogen (secondary N) is 1. The fourth-order valence-corrected chi connectivity index (χ4v) is 5.55. The molecule has 0 saturated heterocycles. The first-order valence-electron chi connectivity index (χ1n) is 11.0. The Labute approximate surface area is 230 Å². The van der Waals surface area contributed by atoms with Crippen LogP contribution in [-0.4, -0.2) is 20.9 Å². The lowest BCUT2D eigenvalue weighted by Crippen LogP contribution is -2.38. The Balaban J connectivity index is 1.67. The summed E-state index contributed by atoms with van der Waals surface area (Å²) in [6.45, 7) is 1.28. The fraction of sp³-hybridized carbons (Fsp3) is 0.0741. The minimum Gasteiger partial charge on any atom is -0.455 e. The van der Waals surface area contributed by atoms with Crippen molar-refractivity contribution in [3.05, 3.63) is 112 Å². The van der Waals surface area contributed by atoms with Crippen LogP contribution in [0.1, 0.15) is 5.56 Å². The average Bonchev–Trinajstić information content (AvgIpc) is 2.84. The summed E-state index contributed by atoms with van der Waals surface area (Å²) in [4.78, 5) is 13.2. The quantitative estimate of drug-likeness (QED) is 0.235. The fourth-order valence-electron chi connectivity index (χ4n) is 3.46. The second-order valence-corrected chi connectivity index (χ2v) is 11.2. The highest BCUT2D eigenvalue weighted by molar-refractivity contribution is 7.92. The number of carbonyl (C=O) groups is 1. The zero-order valence-corrected chi connectivity index (χ0v) is 22.6. The summed E-state index contributed by atoms with van der Waals surface area (Å²) in [7, 11) is -4.16. The molecule has 190 valence electrons. The van der Waals surface area contributed by atoms with Crippen LogP contribution in [-0.2, 0) is 14.8 Å². The number of anilines is 2. The van der Waals surface area contributed by atoms with Gasteiger partial charge >= 0.3 is 0 Å². The van der Waals surface area contributed by atoms with Crippen molar-refractivity contribution in [1.82, 2.24) is 0 Å². The smallest absolute Gasteiger partial charge is 0.264 e. The Hall–Kier alpha value is -3.23. The van der Waals surface area contributed by atoms with Crippen LogP contribution in [0.4, 0.5) is 11.4 Å². The summed E-state index contributed by atoms with van der Waals surface area (Å²) in [5, 5.41) is 3.52. The van der Waals surface area contributed by atoms with Gasteiger partial charge in [-0.1, -0.05) is 70.7 Å². The van der Waals surface area contributed by atoms with Crippen molar-refractivity contribution in [2.75, 3.05) is 16.2 Å². The number of sulfonamides is 1. The first-order chi connectivity index (χ1) is 17.6. The van der Waals surface area contributed by atoms with Crippen LogP contribution >= 0.6 is 34.8 Å². The molecule has 0 saturated carbocycles. The number of hydrogen-bond acceptors (Lipinski definition) is 4. The first kappa shape index (κ1) is 26.8. The van der Waals surface area contributed by atoms with Crippen molar-refractivity contribution in [3.63, 3.8) is 0 Å². The lowest BCUT2D eigenvalue weighted by molar-refractivity contribution is -0.114. The maximum Gasteiger partial charge on any atom is 0.264 e. The standard InChI is InChI=1S/C27H21Cl3N2O4S/c1-18-7-10-24(11-8-18)37(34,35)32(22-14-20(29)13-21(30)15-22)17-27(33)31-25-16-19(28)9-12-26(25)36-23-5-3-2-4-6-23/h2-16H,17H2,1H3,(H,31,33). The van der Waals surface area contributed by atoms with Crippen LogP contribution in [0.3, 0.4) is 0 Å². The van der Waals surface area contributed by atoms with Crippen LogP contribution in [0, 0.1) is 6.92 Å². The largest absolute Gasteiger partial charge is 0.455 e. The van der Waals surface area contributed by atoms with Gasteiger partial charge in [-0.15, -0.1) is 0 Å². The van der Waals surface area contributed by atoms with E-state index in [0.717, 1.165) is 9.87 Å². The lowest BCUT2D eigenvalue weighted by Gasteiger charge is -2.25. The van der Waals surface area contributed by atoms with E-state index < -0.39 is 22.5 Å². The van der Waals surface area contributed by atoms with Crippen LogP contribution in [0.15, 0.2) is 95.9 Å². The van der Waals surface area contributed by atoms with E-state index in [2.05, 4.69) is 5.32 Å². The molecule has 0 bridgehead atoms. The second-order valence-electron chi connectivity index (χ2n) is 8.06. The molecule has 0 heterocycles. The lowest BCUT2D eigenvalue weighted by atomic mass is 10.2. The predicted molar refractivity (Wildman–Crippen MR) is 149 cm³/mol. The number of rotatable bonds is 8. The molecule has 0 radical (unpaired) electrons. The number of halogens is 3. The van der Waals surface area contributed by atoms with Gasteiger partial charge in [0.15, 0.2) is 5.75 Å². The molecule has 0 atom stereocenters. The molecule has 4 rings (SSSR count). The number of amides is 1. The van der Waals surface area contributed by atoms with Crippen molar-refractivity contribution in [2.24, 2.45) is 0 Å². The summed E-state index contributed by atoms with van der Waals surface area (Å²) in [5.41, 5.74) is 1.30. The Morgan fingerprint density at radius 2 is 1.49 bits per heavy atom. The first-order valence-corrected chi connectivity index (χ1v) is 13.6. The molecule has 10 heteroatoms. The SMILES string of the molecule is Cc1ccc(S(=O)(=O)N(CC(=O)Nc2cc(Cl)ccc2Oc2ccccc2)c2cc(Cl)cc(Cl)c2)cc1. The molecule has 37 heavy (non-hydrogen) atoms. The maximum atomic E-state index is 13.6. The monoisotopic (exact) mass is 574 g/mol. The van der Waals surface area contributed by atoms with Gasteiger partial charge in [0.1, 0.15) is 12.3 Å². The number of ether oxygens (including phenoxy) is 1. The van der Waals surface area contributed by atoms with Gasteiger partial charge in [-0.25, -0.2) is 8.42 Å². The third-order valence-electron chi connectivity index (χ3n) is 5.22. The third-order valence-corrected chi connectivity index (χ3v) is 7.68. The summed E-state index contributed by atoms with van der Waals surface area (Å²) in [6.07, 6.45) is 0. The molecule has 4 aromatic rings. The van der Waals surface area contributed by atoms with Crippen LogP contribution in [0.2, 0.25) is 15.1 Å². The van der Waals surface area contributed by atoms with E-state index in [4.69, 9.17) is 39.5 Å². The number of aryl methyl sites for hydroxylation is 1. The van der Waals surface area contributed by atoms with Gasteiger partial charge in [0, 0.05) is 15.1 Å². The number of hydrogen-bond donors (Lipinski definition) is 1. The van der Waals surface area contributed by atoms with Crippen LogP contribution in [0.25, 0.3) is 0 Å². The van der Waals surface area contributed by atoms with Crippen molar-refractivity contribution in [1.29, 1.82) is 0 Å². The summed E-state index contributed by atoms with van der Waals surface area (Å²) in [6, 6.07) is 24.4. The van der Waals surface area contributed by atoms with Crippen molar-refractivity contribution < 1.29 is 17.9 Å². The van der Waals surface area contributed by atoms with E-state index in [0.29, 0.717) is 16.5 Å². The molecular weight excluding hydrogens is 555 g/mol. The Bertz CT molecular complexity index is 1510. The van der Waals surface area contributed by atoms with E-state index in [1.807, 2.05) is 25.1 Å². The van der Waals surface area contributed by atoms with Crippen LogP contribution < -0.4 is 14.4 Å². The highest BCUT2D eigenvalue weighted by atomic mass is 35.5. The van der Waals surface area contributed by atoms with Crippen LogP contribution in [0.5, 0.6) is 11.5 Å². The third kappa shape index (κ3) is 6.76. The highest BCUT2D eigenvalue weighted by Crippen LogP contribution is 2.33. The zero-order chi connectivity index (χ0) is 26.6. The van der Waals surface area contributed by atoms with E-state index in [-0.39, 0.29) is 26.3 Å². The molecule has 0 unspecified atom stereocenters. The van der Waals surface area contributed by atoms with Gasteiger partial charge in [-0.2, -0.15) is 0 Å². The van der Waals surface area contributed by atoms with Gasteiger partial charge in [0.25, 0.3) is 10.0 Å². The van der Waals surface area contributed by atoms with Crippen molar-refractivity contribution in [2.45, 2.75) is 11.8 Å². The van der Waals surface area contributed by atoms with E-state index in [9.17, 15) is 13.2 Å². The van der Waals surface area contributed by atoms with E-state index in [1.54, 1.807) is 36.4 Å². The minimum atomic E-state index is -4.16. The molecule has 6 nitrogen and oxygen atoms in total. The molecule has 4 aromatic carbocycles. The normalized spacial score (nSPS) is 11.1. The molecule has 0 fully saturated rings. The van der Waals surface area contributed by atoms with E-state index in [1.165, 1.54) is 36.4 Å². The maximum absolute atomic E-state index is 13.6. The van der Waals surface area contributed by atoms with Crippen molar-refractivity contribution in [3.8, 4) is 11.5 Å². The van der Waals surface area contributed by atoms with Gasteiger partial charge in [0.2, 0.25) is 5.91 Å². The second kappa shape index (κ2) is 11.4. The molecule has 0 aromatic heterocycles. The Morgan fingerprint density at radius 3 is 2.14 bits per heavy atom. The number of benzene rings is 4. The summed E-state index contributed by atoms with van der Waals surface area (Å²) < 4.78 is 34.1. The minimum absolute atomic E-state index is 0.0119. The summed E-state index contributed by atoms with van der Waals surface area (Å²) >= 11 is 18.5. The molecule has 1 amide bonds. The molecule has 0 aliphatic heterocycles.